The van der Waals surface area contributed by atoms with Gasteiger partial charge in [0.05, 0.1) is 18.4 Å². The van der Waals surface area contributed by atoms with Gasteiger partial charge >= 0.3 is 5.97 Å². The number of aryl methyl sites for hydroxylation is 2. The van der Waals surface area contributed by atoms with E-state index >= 15 is 0 Å². The zero-order valence-corrected chi connectivity index (χ0v) is 10.9. The molecule has 0 radical (unpaired) electrons. The third-order valence-corrected chi connectivity index (χ3v) is 2.80. The van der Waals surface area contributed by atoms with Crippen molar-refractivity contribution < 1.29 is 14.4 Å². The fraction of sp³-hybridized carbons (Fsp3) is 0.417. The SMILES string of the molecule is CCc1nn(C)cc1CNCc1oncc1C(=O)O. The molecule has 0 aliphatic rings. The molecule has 2 heterocycles. The molecule has 102 valence electrons. The summed E-state index contributed by atoms with van der Waals surface area (Å²) in [5.74, 6) is -0.705. The summed E-state index contributed by atoms with van der Waals surface area (Å²) in [5.41, 5.74) is 2.22. The number of nitrogens with zero attached hydrogens (tertiary/aromatic N) is 3. The fourth-order valence-electron chi connectivity index (χ4n) is 1.91. The van der Waals surface area contributed by atoms with Gasteiger partial charge in [-0.3, -0.25) is 4.68 Å². The lowest BCUT2D eigenvalue weighted by Crippen LogP contribution is -2.15. The van der Waals surface area contributed by atoms with E-state index in [0.717, 1.165) is 17.7 Å². The summed E-state index contributed by atoms with van der Waals surface area (Å²) in [6, 6.07) is 0. The average Bonchev–Trinajstić information content (AvgIpc) is 2.96. The minimum atomic E-state index is -1.03. The predicted octanol–water partition coefficient (Wildman–Crippen LogP) is 0.958. The topological polar surface area (TPSA) is 93.2 Å². The van der Waals surface area contributed by atoms with Crippen LogP contribution in [-0.2, 0) is 26.6 Å². The maximum absolute atomic E-state index is 10.9. The van der Waals surface area contributed by atoms with E-state index in [1.807, 2.05) is 20.2 Å². The largest absolute Gasteiger partial charge is 0.478 e. The van der Waals surface area contributed by atoms with Gasteiger partial charge < -0.3 is 14.9 Å². The van der Waals surface area contributed by atoms with Crippen LogP contribution in [-0.4, -0.2) is 26.0 Å². The van der Waals surface area contributed by atoms with Gasteiger partial charge in [0.25, 0.3) is 0 Å². The summed E-state index contributed by atoms with van der Waals surface area (Å²) in [5, 5.41) is 19.9. The molecule has 0 bridgehead atoms. The molecule has 0 unspecified atom stereocenters. The summed E-state index contributed by atoms with van der Waals surface area (Å²) in [4.78, 5) is 10.9. The van der Waals surface area contributed by atoms with Gasteiger partial charge in [0.15, 0.2) is 5.76 Å². The first-order chi connectivity index (χ1) is 9.11. The minimum Gasteiger partial charge on any atom is -0.478 e. The molecule has 0 aliphatic heterocycles. The van der Waals surface area contributed by atoms with Crippen LogP contribution in [0.3, 0.4) is 0 Å². The summed E-state index contributed by atoms with van der Waals surface area (Å²) in [6.45, 7) is 2.97. The molecule has 2 N–H and O–H groups in total. The van der Waals surface area contributed by atoms with Gasteiger partial charge in [-0.05, 0) is 6.42 Å². The van der Waals surface area contributed by atoms with Crippen LogP contribution in [0.25, 0.3) is 0 Å². The highest BCUT2D eigenvalue weighted by atomic mass is 16.5. The number of carboxylic acids is 1. The Labute approximate surface area is 110 Å². The smallest absolute Gasteiger partial charge is 0.341 e. The molecule has 7 nitrogen and oxygen atoms in total. The summed E-state index contributed by atoms with van der Waals surface area (Å²) in [7, 11) is 1.88. The summed E-state index contributed by atoms with van der Waals surface area (Å²) < 4.78 is 6.68. The van der Waals surface area contributed by atoms with E-state index in [4.69, 9.17) is 9.63 Å². The first kappa shape index (κ1) is 13.3. The van der Waals surface area contributed by atoms with Crippen molar-refractivity contribution in [2.24, 2.45) is 7.05 Å². The van der Waals surface area contributed by atoms with Crippen LogP contribution in [0.1, 0.15) is 34.3 Å². The molecule has 0 spiro atoms. The Bertz CT molecular complexity index is 573. The highest BCUT2D eigenvalue weighted by molar-refractivity contribution is 5.88. The Balaban J connectivity index is 1.96. The molecular weight excluding hydrogens is 248 g/mol. The number of hydrogen-bond donors (Lipinski definition) is 2. The fourth-order valence-corrected chi connectivity index (χ4v) is 1.91. The first-order valence-corrected chi connectivity index (χ1v) is 6.00. The minimum absolute atomic E-state index is 0.0920. The standard InChI is InChI=1S/C12H16N4O3/c1-3-10-8(7-16(2)15-10)4-13-6-11-9(12(17)18)5-14-19-11/h5,7,13H,3-4,6H2,1-2H3,(H,17,18). The zero-order chi connectivity index (χ0) is 13.8. The molecule has 2 aromatic rings. The highest BCUT2D eigenvalue weighted by Crippen LogP contribution is 2.10. The molecule has 2 aromatic heterocycles. The van der Waals surface area contributed by atoms with Gasteiger partial charge in [0, 0.05) is 25.4 Å². The number of aromatic carboxylic acids is 1. The zero-order valence-electron chi connectivity index (χ0n) is 10.9. The Kier molecular flexibility index (Phi) is 3.96. The lowest BCUT2D eigenvalue weighted by atomic mass is 10.2. The second-order valence-corrected chi connectivity index (χ2v) is 4.20. The highest BCUT2D eigenvalue weighted by Gasteiger charge is 2.14. The number of nitrogens with one attached hydrogen (secondary N) is 1. The monoisotopic (exact) mass is 264 g/mol. The van der Waals surface area contributed by atoms with Crippen molar-refractivity contribution in [3.8, 4) is 0 Å². The lowest BCUT2D eigenvalue weighted by molar-refractivity contribution is 0.0694. The van der Waals surface area contributed by atoms with Gasteiger partial charge in [-0.15, -0.1) is 0 Å². The molecular formula is C12H16N4O3. The van der Waals surface area contributed by atoms with Crippen molar-refractivity contribution >= 4 is 5.97 Å². The molecule has 7 heteroatoms. The molecule has 0 saturated carbocycles. The van der Waals surface area contributed by atoms with Gasteiger partial charge in [-0.25, -0.2) is 4.79 Å². The van der Waals surface area contributed by atoms with Crippen molar-refractivity contribution in [3.05, 3.63) is 35.0 Å². The molecule has 0 fully saturated rings. The summed E-state index contributed by atoms with van der Waals surface area (Å²) >= 11 is 0. The van der Waals surface area contributed by atoms with Crippen LogP contribution in [0.5, 0.6) is 0 Å². The Hall–Kier alpha value is -2.15. The molecule has 0 amide bonds. The molecule has 0 atom stereocenters. The number of aromatic nitrogens is 3. The molecule has 19 heavy (non-hydrogen) atoms. The van der Waals surface area contributed by atoms with Crippen molar-refractivity contribution in [2.45, 2.75) is 26.4 Å². The van der Waals surface area contributed by atoms with E-state index in [9.17, 15) is 4.79 Å². The molecule has 2 rings (SSSR count). The van der Waals surface area contributed by atoms with Crippen LogP contribution in [0.15, 0.2) is 16.9 Å². The molecule has 0 aliphatic carbocycles. The lowest BCUT2D eigenvalue weighted by Gasteiger charge is -2.02. The number of carbonyl (C=O) groups is 1. The Morgan fingerprint density at radius 2 is 2.32 bits per heavy atom. The van der Waals surface area contributed by atoms with E-state index in [2.05, 4.69) is 15.6 Å². The number of rotatable bonds is 6. The van der Waals surface area contributed by atoms with Crippen LogP contribution < -0.4 is 5.32 Å². The second kappa shape index (κ2) is 5.66. The third-order valence-electron chi connectivity index (χ3n) is 2.80. The van der Waals surface area contributed by atoms with Crippen molar-refractivity contribution in [3.63, 3.8) is 0 Å². The van der Waals surface area contributed by atoms with Crippen LogP contribution in [0, 0.1) is 0 Å². The predicted molar refractivity (Wildman–Crippen MR) is 66.6 cm³/mol. The second-order valence-electron chi connectivity index (χ2n) is 4.20. The molecule has 0 saturated heterocycles. The quantitative estimate of drug-likeness (QED) is 0.807. The van der Waals surface area contributed by atoms with Gasteiger partial charge in [0.2, 0.25) is 0 Å². The maximum atomic E-state index is 10.9. The third kappa shape index (κ3) is 3.00. The van der Waals surface area contributed by atoms with E-state index in [0.29, 0.717) is 18.8 Å². The van der Waals surface area contributed by atoms with Crippen LogP contribution >= 0.6 is 0 Å². The van der Waals surface area contributed by atoms with Crippen molar-refractivity contribution in [1.82, 2.24) is 20.3 Å². The van der Waals surface area contributed by atoms with Crippen molar-refractivity contribution in [2.75, 3.05) is 0 Å². The first-order valence-electron chi connectivity index (χ1n) is 6.00. The summed E-state index contributed by atoms with van der Waals surface area (Å²) in [6.07, 6.45) is 4.02. The number of hydrogen-bond acceptors (Lipinski definition) is 5. The maximum Gasteiger partial charge on any atom is 0.341 e. The average molecular weight is 264 g/mol. The van der Waals surface area contributed by atoms with Gasteiger partial charge in [0.1, 0.15) is 5.56 Å². The van der Waals surface area contributed by atoms with E-state index in [1.165, 1.54) is 6.20 Å². The van der Waals surface area contributed by atoms with Crippen LogP contribution in [0.2, 0.25) is 0 Å². The van der Waals surface area contributed by atoms with Crippen molar-refractivity contribution in [1.29, 1.82) is 0 Å². The normalized spacial score (nSPS) is 10.8. The van der Waals surface area contributed by atoms with Crippen LogP contribution in [0.4, 0.5) is 0 Å². The Morgan fingerprint density at radius 3 is 3.00 bits per heavy atom. The Morgan fingerprint density at radius 1 is 1.53 bits per heavy atom. The molecule has 0 aromatic carbocycles. The van der Waals surface area contributed by atoms with E-state index in [1.54, 1.807) is 4.68 Å². The number of carboxylic acid groups (broad SMARTS) is 1. The van der Waals surface area contributed by atoms with E-state index in [-0.39, 0.29) is 5.56 Å². The van der Waals surface area contributed by atoms with Gasteiger partial charge in [-0.1, -0.05) is 12.1 Å². The van der Waals surface area contributed by atoms with Gasteiger partial charge in [-0.2, -0.15) is 5.10 Å². The van der Waals surface area contributed by atoms with E-state index < -0.39 is 5.97 Å².